The van der Waals surface area contributed by atoms with E-state index in [0.29, 0.717) is 24.5 Å². The van der Waals surface area contributed by atoms with Gasteiger partial charge in [-0.25, -0.2) is 0 Å². The summed E-state index contributed by atoms with van der Waals surface area (Å²) < 4.78 is 5.02. The van der Waals surface area contributed by atoms with Gasteiger partial charge < -0.3 is 15.8 Å². The van der Waals surface area contributed by atoms with Gasteiger partial charge in [0.15, 0.2) is 0 Å². The lowest BCUT2D eigenvalue weighted by atomic mass is 10.1. The fourth-order valence-corrected chi connectivity index (χ4v) is 1.81. The predicted molar refractivity (Wildman–Crippen MR) is 78.2 cm³/mol. The number of carbonyl (C=O) groups excluding carboxylic acids is 1. The third-order valence-corrected chi connectivity index (χ3v) is 3.00. The van der Waals surface area contributed by atoms with Gasteiger partial charge in [0.25, 0.3) is 0 Å². The Hall–Kier alpha value is -1.59. The van der Waals surface area contributed by atoms with Crippen molar-refractivity contribution < 1.29 is 9.53 Å². The third-order valence-electron chi connectivity index (χ3n) is 3.00. The molecule has 0 fully saturated rings. The van der Waals surface area contributed by atoms with Gasteiger partial charge in [-0.05, 0) is 25.1 Å². The van der Waals surface area contributed by atoms with Crippen LogP contribution in [0.25, 0.3) is 0 Å². The summed E-state index contributed by atoms with van der Waals surface area (Å²) in [5.74, 6) is -0.0565. The number of nitrogens with one attached hydrogen (secondary N) is 1. The number of nitrogens with two attached hydrogens (primary N) is 1. The second-order valence-electron chi connectivity index (χ2n) is 4.45. The first-order valence-electron chi connectivity index (χ1n) is 6.44. The van der Waals surface area contributed by atoms with Crippen LogP contribution in [0.1, 0.15) is 12.5 Å². The second kappa shape index (κ2) is 7.76. The fraction of sp³-hybridized carbons (Fsp3) is 0.500. The highest BCUT2D eigenvalue weighted by Crippen LogP contribution is 2.22. The van der Waals surface area contributed by atoms with Gasteiger partial charge in [-0.3, -0.25) is 9.69 Å². The molecule has 0 aliphatic carbocycles. The van der Waals surface area contributed by atoms with Crippen LogP contribution in [0.4, 0.5) is 11.4 Å². The molecule has 3 N–H and O–H groups in total. The molecular formula is C14H23N3O2. The Morgan fingerprint density at radius 3 is 2.79 bits per heavy atom. The first-order chi connectivity index (χ1) is 9.08. The topological polar surface area (TPSA) is 67.6 Å². The van der Waals surface area contributed by atoms with Crippen LogP contribution in [0.2, 0.25) is 0 Å². The summed E-state index contributed by atoms with van der Waals surface area (Å²) in [5.41, 5.74) is 8.13. The molecule has 1 amide bonds. The first kappa shape index (κ1) is 15.5. The summed E-state index contributed by atoms with van der Waals surface area (Å²) in [7, 11) is 1.65. The maximum atomic E-state index is 12.0. The highest BCUT2D eigenvalue weighted by atomic mass is 16.5. The number of carbonyl (C=O) groups is 1. The SMILES string of the molecule is CCN(CCOC)CC(=O)Nc1c(C)cccc1N. The average Bonchev–Trinajstić information content (AvgIpc) is 2.39. The Morgan fingerprint density at radius 2 is 2.21 bits per heavy atom. The van der Waals surface area contributed by atoms with E-state index in [4.69, 9.17) is 10.5 Å². The molecule has 1 aromatic rings. The normalized spacial score (nSPS) is 10.7. The monoisotopic (exact) mass is 265 g/mol. The summed E-state index contributed by atoms with van der Waals surface area (Å²) in [6, 6.07) is 5.58. The van der Waals surface area contributed by atoms with Crippen molar-refractivity contribution >= 4 is 17.3 Å². The molecule has 0 unspecified atom stereocenters. The van der Waals surface area contributed by atoms with Crippen molar-refractivity contribution in [2.45, 2.75) is 13.8 Å². The summed E-state index contributed by atoms with van der Waals surface area (Å²) in [6.45, 7) is 6.45. The van der Waals surface area contributed by atoms with Crippen molar-refractivity contribution in [2.24, 2.45) is 0 Å². The number of amides is 1. The number of likely N-dealkylation sites (N-methyl/N-ethyl adjacent to an activating group) is 1. The Morgan fingerprint density at radius 1 is 1.47 bits per heavy atom. The maximum absolute atomic E-state index is 12.0. The molecule has 19 heavy (non-hydrogen) atoms. The molecule has 1 rings (SSSR count). The molecule has 0 saturated carbocycles. The van der Waals surface area contributed by atoms with Crippen molar-refractivity contribution in [3.8, 4) is 0 Å². The van der Waals surface area contributed by atoms with Gasteiger partial charge in [0.1, 0.15) is 0 Å². The molecular weight excluding hydrogens is 242 g/mol. The molecule has 1 aromatic carbocycles. The molecule has 106 valence electrons. The van der Waals surface area contributed by atoms with Crippen molar-refractivity contribution in [1.82, 2.24) is 4.90 Å². The predicted octanol–water partition coefficient (Wildman–Crippen LogP) is 1.48. The number of ether oxygens (including phenoxy) is 1. The van der Waals surface area contributed by atoms with E-state index < -0.39 is 0 Å². The average molecular weight is 265 g/mol. The molecule has 0 saturated heterocycles. The van der Waals surface area contributed by atoms with Gasteiger partial charge in [-0.15, -0.1) is 0 Å². The van der Waals surface area contributed by atoms with Crippen molar-refractivity contribution in [3.63, 3.8) is 0 Å². The van der Waals surface area contributed by atoms with E-state index in [2.05, 4.69) is 5.32 Å². The molecule has 0 bridgehead atoms. The minimum atomic E-state index is -0.0565. The van der Waals surface area contributed by atoms with Crippen LogP contribution >= 0.6 is 0 Å². The Bertz CT molecular complexity index is 401. The number of anilines is 2. The van der Waals surface area contributed by atoms with Crippen molar-refractivity contribution in [3.05, 3.63) is 23.8 Å². The van der Waals surface area contributed by atoms with E-state index in [1.807, 2.05) is 30.9 Å². The van der Waals surface area contributed by atoms with E-state index in [-0.39, 0.29) is 5.91 Å². The smallest absolute Gasteiger partial charge is 0.238 e. The number of benzene rings is 1. The van der Waals surface area contributed by atoms with Gasteiger partial charge in [0.2, 0.25) is 5.91 Å². The summed E-state index contributed by atoms with van der Waals surface area (Å²) in [5, 5.41) is 2.87. The zero-order chi connectivity index (χ0) is 14.3. The number of para-hydroxylation sites is 1. The van der Waals surface area contributed by atoms with Crippen LogP contribution < -0.4 is 11.1 Å². The number of rotatable bonds is 7. The van der Waals surface area contributed by atoms with Crippen molar-refractivity contribution in [2.75, 3.05) is 44.4 Å². The van der Waals surface area contributed by atoms with Crippen LogP contribution in [-0.2, 0) is 9.53 Å². The van der Waals surface area contributed by atoms with E-state index in [1.54, 1.807) is 13.2 Å². The van der Waals surface area contributed by atoms with Crippen LogP contribution in [0.5, 0.6) is 0 Å². The molecule has 0 spiro atoms. The van der Waals surface area contributed by atoms with E-state index >= 15 is 0 Å². The Balaban J connectivity index is 2.59. The zero-order valence-corrected chi connectivity index (χ0v) is 11.9. The lowest BCUT2D eigenvalue weighted by Crippen LogP contribution is -2.35. The first-order valence-corrected chi connectivity index (χ1v) is 6.44. The van der Waals surface area contributed by atoms with Crippen LogP contribution in [0, 0.1) is 6.92 Å². The van der Waals surface area contributed by atoms with Crippen LogP contribution in [-0.4, -0.2) is 44.2 Å². The Labute approximate surface area is 114 Å². The van der Waals surface area contributed by atoms with Gasteiger partial charge >= 0.3 is 0 Å². The van der Waals surface area contributed by atoms with Crippen LogP contribution in [0.3, 0.4) is 0 Å². The number of hydrogen-bond donors (Lipinski definition) is 2. The second-order valence-corrected chi connectivity index (χ2v) is 4.45. The molecule has 5 nitrogen and oxygen atoms in total. The highest BCUT2D eigenvalue weighted by Gasteiger charge is 2.11. The minimum Gasteiger partial charge on any atom is -0.397 e. The fourth-order valence-electron chi connectivity index (χ4n) is 1.81. The summed E-state index contributed by atoms with van der Waals surface area (Å²) >= 11 is 0. The zero-order valence-electron chi connectivity index (χ0n) is 11.9. The molecule has 0 atom stereocenters. The van der Waals surface area contributed by atoms with E-state index in [0.717, 1.165) is 18.7 Å². The van der Waals surface area contributed by atoms with Gasteiger partial charge in [0, 0.05) is 13.7 Å². The lowest BCUT2D eigenvalue weighted by molar-refractivity contribution is -0.117. The van der Waals surface area contributed by atoms with Crippen molar-refractivity contribution in [1.29, 1.82) is 0 Å². The number of nitrogen functional groups attached to an aromatic ring is 1. The molecule has 0 heterocycles. The number of methoxy groups -OCH3 is 1. The largest absolute Gasteiger partial charge is 0.397 e. The molecule has 0 aliphatic rings. The minimum absolute atomic E-state index is 0.0565. The standard InChI is InChI=1S/C14H23N3O2/c1-4-17(8-9-19-3)10-13(18)16-14-11(2)6-5-7-12(14)15/h5-7H,4,8-10,15H2,1-3H3,(H,16,18). The number of nitrogens with zero attached hydrogens (tertiary/aromatic N) is 1. The molecule has 0 aliphatic heterocycles. The highest BCUT2D eigenvalue weighted by molar-refractivity contribution is 5.96. The molecule has 0 radical (unpaired) electrons. The van der Waals surface area contributed by atoms with E-state index in [1.165, 1.54) is 0 Å². The maximum Gasteiger partial charge on any atom is 0.238 e. The third kappa shape index (κ3) is 4.89. The van der Waals surface area contributed by atoms with Crippen LogP contribution in [0.15, 0.2) is 18.2 Å². The summed E-state index contributed by atoms with van der Waals surface area (Å²) in [6.07, 6.45) is 0. The summed E-state index contributed by atoms with van der Waals surface area (Å²) in [4.78, 5) is 14.0. The molecule has 5 heteroatoms. The van der Waals surface area contributed by atoms with Gasteiger partial charge in [-0.1, -0.05) is 19.1 Å². The number of aryl methyl sites for hydroxylation is 1. The van der Waals surface area contributed by atoms with Gasteiger partial charge in [-0.2, -0.15) is 0 Å². The number of hydrogen-bond acceptors (Lipinski definition) is 4. The molecule has 0 aromatic heterocycles. The van der Waals surface area contributed by atoms with E-state index in [9.17, 15) is 4.79 Å². The Kier molecular flexibility index (Phi) is 6.32. The van der Waals surface area contributed by atoms with Gasteiger partial charge in [0.05, 0.1) is 24.5 Å². The quantitative estimate of drug-likeness (QED) is 0.733. The lowest BCUT2D eigenvalue weighted by Gasteiger charge is -2.20.